The van der Waals surface area contributed by atoms with Crippen molar-refractivity contribution in [2.75, 3.05) is 6.54 Å². The average molecular weight is 290 g/mol. The van der Waals surface area contributed by atoms with E-state index in [0.29, 0.717) is 5.92 Å². The standard InChI is InChI=1S/C16H22N2OS/c1-12(2)16-18-10-15(20-16)9-17-8-7-13-3-5-14(11-19)6-4-13/h3-6,10,12,17,19H,7-9,11H2,1-2H3. The Labute approximate surface area is 124 Å². The van der Waals surface area contributed by atoms with E-state index in [4.69, 9.17) is 5.11 Å². The summed E-state index contributed by atoms with van der Waals surface area (Å²) < 4.78 is 0. The van der Waals surface area contributed by atoms with Crippen molar-refractivity contribution in [3.8, 4) is 0 Å². The summed E-state index contributed by atoms with van der Waals surface area (Å²) in [6.07, 6.45) is 2.98. The van der Waals surface area contributed by atoms with Gasteiger partial charge in [-0.25, -0.2) is 4.98 Å². The number of aliphatic hydroxyl groups is 1. The van der Waals surface area contributed by atoms with Crippen molar-refractivity contribution in [1.29, 1.82) is 0 Å². The van der Waals surface area contributed by atoms with Gasteiger partial charge in [0, 0.05) is 23.5 Å². The maximum atomic E-state index is 8.99. The van der Waals surface area contributed by atoms with Gasteiger partial charge in [0.1, 0.15) is 0 Å². The van der Waals surface area contributed by atoms with Crippen LogP contribution in [0.2, 0.25) is 0 Å². The fourth-order valence-corrected chi connectivity index (χ4v) is 2.82. The maximum Gasteiger partial charge on any atom is 0.0953 e. The lowest BCUT2D eigenvalue weighted by molar-refractivity contribution is 0.282. The van der Waals surface area contributed by atoms with Crippen molar-refractivity contribution >= 4 is 11.3 Å². The molecule has 0 unspecified atom stereocenters. The van der Waals surface area contributed by atoms with Gasteiger partial charge in [0.25, 0.3) is 0 Å². The molecule has 3 nitrogen and oxygen atoms in total. The minimum atomic E-state index is 0.113. The molecule has 108 valence electrons. The van der Waals surface area contributed by atoms with E-state index in [1.165, 1.54) is 15.4 Å². The zero-order valence-corrected chi connectivity index (χ0v) is 12.9. The molecule has 0 saturated carbocycles. The van der Waals surface area contributed by atoms with Crippen LogP contribution in [-0.2, 0) is 19.6 Å². The second kappa shape index (κ2) is 7.53. The zero-order chi connectivity index (χ0) is 14.4. The van der Waals surface area contributed by atoms with Crippen molar-refractivity contribution in [3.05, 3.63) is 51.5 Å². The Morgan fingerprint density at radius 2 is 1.90 bits per heavy atom. The Morgan fingerprint density at radius 3 is 2.50 bits per heavy atom. The molecular weight excluding hydrogens is 268 g/mol. The molecule has 0 amide bonds. The molecular formula is C16H22N2OS. The number of rotatable bonds is 7. The van der Waals surface area contributed by atoms with Gasteiger partial charge in [-0.15, -0.1) is 11.3 Å². The van der Waals surface area contributed by atoms with E-state index >= 15 is 0 Å². The van der Waals surface area contributed by atoms with E-state index in [9.17, 15) is 0 Å². The highest BCUT2D eigenvalue weighted by Gasteiger charge is 2.05. The molecule has 0 aliphatic rings. The van der Waals surface area contributed by atoms with E-state index < -0.39 is 0 Å². The monoisotopic (exact) mass is 290 g/mol. The fraction of sp³-hybridized carbons (Fsp3) is 0.438. The highest BCUT2D eigenvalue weighted by molar-refractivity contribution is 7.11. The van der Waals surface area contributed by atoms with Crippen molar-refractivity contribution in [1.82, 2.24) is 10.3 Å². The first-order valence-corrected chi connectivity index (χ1v) is 7.84. The van der Waals surface area contributed by atoms with Gasteiger partial charge in [0.2, 0.25) is 0 Å². The molecule has 2 aromatic rings. The van der Waals surface area contributed by atoms with Crippen LogP contribution < -0.4 is 5.32 Å². The van der Waals surface area contributed by atoms with Crippen LogP contribution in [0.1, 0.15) is 40.8 Å². The lowest BCUT2D eigenvalue weighted by Gasteiger charge is -2.04. The van der Waals surface area contributed by atoms with Gasteiger partial charge in [-0.05, 0) is 24.1 Å². The van der Waals surface area contributed by atoms with Crippen LogP contribution in [0.3, 0.4) is 0 Å². The summed E-state index contributed by atoms with van der Waals surface area (Å²) in [5.41, 5.74) is 2.26. The van der Waals surface area contributed by atoms with Gasteiger partial charge in [-0.3, -0.25) is 0 Å². The summed E-state index contributed by atoms with van der Waals surface area (Å²) in [4.78, 5) is 5.72. The smallest absolute Gasteiger partial charge is 0.0953 e. The van der Waals surface area contributed by atoms with Gasteiger partial charge in [0.05, 0.1) is 11.6 Å². The molecule has 2 N–H and O–H groups in total. The number of nitrogens with one attached hydrogen (secondary N) is 1. The number of thiazole rings is 1. The molecule has 0 radical (unpaired) electrons. The topological polar surface area (TPSA) is 45.2 Å². The van der Waals surface area contributed by atoms with Crippen LogP contribution in [0.25, 0.3) is 0 Å². The Kier molecular flexibility index (Phi) is 5.71. The molecule has 4 heteroatoms. The first-order chi connectivity index (χ1) is 9.69. The zero-order valence-electron chi connectivity index (χ0n) is 12.1. The van der Waals surface area contributed by atoms with Gasteiger partial charge < -0.3 is 10.4 Å². The first kappa shape index (κ1) is 15.2. The molecule has 1 aromatic carbocycles. The minimum absolute atomic E-state index is 0.113. The maximum absolute atomic E-state index is 8.99. The molecule has 0 spiro atoms. The van der Waals surface area contributed by atoms with Gasteiger partial charge in [-0.1, -0.05) is 38.1 Å². The van der Waals surface area contributed by atoms with Crippen LogP contribution in [0, 0.1) is 0 Å². The summed E-state index contributed by atoms with van der Waals surface area (Å²) in [6.45, 7) is 6.30. The fourth-order valence-electron chi connectivity index (χ4n) is 1.93. The Balaban J connectivity index is 1.72. The second-order valence-electron chi connectivity index (χ2n) is 5.22. The predicted molar refractivity (Wildman–Crippen MR) is 84.0 cm³/mol. The van der Waals surface area contributed by atoms with E-state index in [1.807, 2.05) is 18.3 Å². The van der Waals surface area contributed by atoms with Crippen LogP contribution in [0.4, 0.5) is 0 Å². The number of hydrogen-bond acceptors (Lipinski definition) is 4. The summed E-state index contributed by atoms with van der Waals surface area (Å²) in [6, 6.07) is 8.12. The predicted octanol–water partition coefficient (Wildman–Crippen LogP) is 3.09. The molecule has 0 atom stereocenters. The Morgan fingerprint density at radius 1 is 1.20 bits per heavy atom. The molecule has 0 aliphatic heterocycles. The Bertz CT molecular complexity index is 520. The summed E-state index contributed by atoms with van der Waals surface area (Å²) in [5, 5.41) is 13.7. The lowest BCUT2D eigenvalue weighted by atomic mass is 10.1. The van der Waals surface area contributed by atoms with Gasteiger partial charge >= 0.3 is 0 Å². The quantitative estimate of drug-likeness (QED) is 0.770. The third-order valence-corrected chi connectivity index (χ3v) is 4.46. The molecule has 1 aromatic heterocycles. The summed E-state index contributed by atoms with van der Waals surface area (Å²) in [5.74, 6) is 0.513. The third-order valence-electron chi connectivity index (χ3n) is 3.16. The summed E-state index contributed by atoms with van der Waals surface area (Å²) in [7, 11) is 0. The average Bonchev–Trinajstić information content (AvgIpc) is 2.93. The number of benzene rings is 1. The lowest BCUT2D eigenvalue weighted by Crippen LogP contribution is -2.15. The normalized spacial score (nSPS) is 11.2. The SMILES string of the molecule is CC(C)c1ncc(CNCCc2ccc(CO)cc2)s1. The van der Waals surface area contributed by atoms with E-state index in [-0.39, 0.29) is 6.61 Å². The molecule has 2 rings (SSSR count). The van der Waals surface area contributed by atoms with Crippen molar-refractivity contribution < 1.29 is 5.11 Å². The first-order valence-electron chi connectivity index (χ1n) is 7.03. The van der Waals surface area contributed by atoms with Crippen LogP contribution in [0.5, 0.6) is 0 Å². The van der Waals surface area contributed by atoms with Crippen LogP contribution in [0.15, 0.2) is 30.5 Å². The van der Waals surface area contributed by atoms with E-state index in [0.717, 1.165) is 25.1 Å². The highest BCUT2D eigenvalue weighted by atomic mass is 32.1. The van der Waals surface area contributed by atoms with Gasteiger partial charge in [0.15, 0.2) is 0 Å². The molecule has 1 heterocycles. The van der Waals surface area contributed by atoms with E-state index in [1.54, 1.807) is 11.3 Å². The number of aliphatic hydroxyl groups excluding tert-OH is 1. The number of aromatic nitrogens is 1. The van der Waals surface area contributed by atoms with Crippen molar-refractivity contribution in [2.45, 2.75) is 39.3 Å². The second-order valence-corrected chi connectivity index (χ2v) is 6.37. The van der Waals surface area contributed by atoms with Crippen LogP contribution >= 0.6 is 11.3 Å². The van der Waals surface area contributed by atoms with Crippen molar-refractivity contribution in [2.24, 2.45) is 0 Å². The molecule has 20 heavy (non-hydrogen) atoms. The van der Waals surface area contributed by atoms with E-state index in [2.05, 4.69) is 36.3 Å². The molecule has 0 aliphatic carbocycles. The molecule has 0 saturated heterocycles. The van der Waals surface area contributed by atoms with Gasteiger partial charge in [-0.2, -0.15) is 0 Å². The number of nitrogens with zero attached hydrogens (tertiary/aromatic N) is 1. The largest absolute Gasteiger partial charge is 0.392 e. The molecule has 0 fully saturated rings. The highest BCUT2D eigenvalue weighted by Crippen LogP contribution is 2.20. The summed E-state index contributed by atoms with van der Waals surface area (Å²) >= 11 is 1.79. The molecule has 0 bridgehead atoms. The third kappa shape index (κ3) is 4.40. The van der Waals surface area contributed by atoms with Crippen molar-refractivity contribution in [3.63, 3.8) is 0 Å². The Hall–Kier alpha value is -1.23. The van der Waals surface area contributed by atoms with Crippen LogP contribution in [-0.4, -0.2) is 16.6 Å². The minimum Gasteiger partial charge on any atom is -0.392 e. The number of hydrogen-bond donors (Lipinski definition) is 2.